The molecule has 3 rings (SSSR count). The van der Waals surface area contributed by atoms with Crippen LogP contribution in [0.1, 0.15) is 36.0 Å². The number of aldehydes is 1. The number of carbonyl (C=O) groups excluding carboxylic acids is 4. The molecule has 1 aromatic carbocycles. The van der Waals surface area contributed by atoms with Gasteiger partial charge in [-0.3, -0.25) is 19.7 Å². The molecule has 2 aliphatic heterocycles. The molecular weight excluding hydrogens is 360 g/mol. The summed E-state index contributed by atoms with van der Waals surface area (Å²) in [6, 6.07) is 1.51. The van der Waals surface area contributed by atoms with E-state index < -0.39 is 41.0 Å². The van der Waals surface area contributed by atoms with Crippen molar-refractivity contribution in [2.24, 2.45) is 5.92 Å². The minimum atomic E-state index is -1.30. The van der Waals surface area contributed by atoms with Gasteiger partial charge in [-0.2, -0.15) is 0 Å². The molecule has 0 aromatic heterocycles. The average Bonchev–Trinajstić information content (AvgIpc) is 2.66. The lowest BCUT2D eigenvalue weighted by molar-refractivity contribution is -0.134. The lowest BCUT2D eigenvalue weighted by atomic mass is 9.98. The van der Waals surface area contributed by atoms with Crippen LogP contribution < -0.4 is 15.5 Å². The molecule has 2 saturated heterocycles. The molecule has 3 amide bonds. The van der Waals surface area contributed by atoms with Crippen LogP contribution in [-0.2, 0) is 14.4 Å². The van der Waals surface area contributed by atoms with E-state index in [0.29, 0.717) is 25.9 Å². The number of amides is 3. The Morgan fingerprint density at radius 1 is 1.15 bits per heavy atom. The van der Waals surface area contributed by atoms with Crippen LogP contribution in [0.4, 0.5) is 14.5 Å². The molecular formula is C18H19F2N3O4. The highest BCUT2D eigenvalue weighted by Crippen LogP contribution is 2.28. The minimum Gasteiger partial charge on any atom is -0.369 e. The van der Waals surface area contributed by atoms with Crippen LogP contribution >= 0.6 is 0 Å². The molecule has 0 aliphatic carbocycles. The third kappa shape index (κ3) is 3.96. The zero-order valence-electron chi connectivity index (χ0n) is 14.5. The molecule has 144 valence electrons. The van der Waals surface area contributed by atoms with Crippen LogP contribution in [0.5, 0.6) is 0 Å². The molecule has 0 spiro atoms. The first-order valence-corrected chi connectivity index (χ1v) is 8.73. The fourth-order valence-electron chi connectivity index (χ4n) is 3.30. The van der Waals surface area contributed by atoms with E-state index >= 15 is 0 Å². The van der Waals surface area contributed by atoms with E-state index in [1.165, 1.54) is 12.1 Å². The Labute approximate surface area is 154 Å². The molecule has 0 saturated carbocycles. The summed E-state index contributed by atoms with van der Waals surface area (Å²) in [6.45, 7) is 0.836. The number of benzene rings is 1. The summed E-state index contributed by atoms with van der Waals surface area (Å²) in [5.41, 5.74) is -0.474. The third-order valence-corrected chi connectivity index (χ3v) is 4.92. The van der Waals surface area contributed by atoms with E-state index in [0.717, 1.165) is 6.29 Å². The lowest BCUT2D eigenvalue weighted by Gasteiger charge is -2.32. The zero-order chi connectivity index (χ0) is 19.6. The topological polar surface area (TPSA) is 95.6 Å². The largest absolute Gasteiger partial charge is 0.369 e. The minimum absolute atomic E-state index is 0.0365. The summed E-state index contributed by atoms with van der Waals surface area (Å²) >= 11 is 0. The van der Waals surface area contributed by atoms with Gasteiger partial charge in [-0.1, -0.05) is 0 Å². The number of anilines is 1. The first kappa shape index (κ1) is 18.9. The Bertz CT molecular complexity index is 791. The monoisotopic (exact) mass is 379 g/mol. The maximum atomic E-state index is 14.5. The molecule has 0 radical (unpaired) electrons. The van der Waals surface area contributed by atoms with Gasteiger partial charge in [0.25, 0.3) is 5.91 Å². The van der Waals surface area contributed by atoms with Crippen molar-refractivity contribution in [2.75, 3.05) is 18.0 Å². The lowest BCUT2D eigenvalue weighted by Crippen LogP contribution is -2.52. The summed E-state index contributed by atoms with van der Waals surface area (Å²) in [5.74, 6) is -4.55. The highest BCUT2D eigenvalue weighted by atomic mass is 19.2. The highest BCUT2D eigenvalue weighted by molar-refractivity contribution is 6.03. The summed E-state index contributed by atoms with van der Waals surface area (Å²) in [7, 11) is 0. The molecule has 2 fully saturated rings. The number of piperidine rings is 2. The smallest absolute Gasteiger partial charge is 0.255 e. The average molecular weight is 379 g/mol. The maximum absolute atomic E-state index is 14.5. The van der Waals surface area contributed by atoms with E-state index in [1.807, 2.05) is 0 Å². The second-order valence-corrected chi connectivity index (χ2v) is 6.70. The zero-order valence-corrected chi connectivity index (χ0v) is 14.5. The standard InChI is InChI=1S/C18H19F2N3O4/c19-15-11(17(26)21-12-2-4-14(25)22-18(12)27)1-3-13(16(15)20)23-7-5-10(9-24)6-8-23/h1,3,9-10,12H,2,4-8H2,(H,21,26)(H,22,25,27). The third-order valence-electron chi connectivity index (χ3n) is 4.92. The summed E-state index contributed by atoms with van der Waals surface area (Å²) in [4.78, 5) is 47.5. The Kier molecular flexibility index (Phi) is 5.48. The van der Waals surface area contributed by atoms with Gasteiger partial charge in [0.05, 0.1) is 11.3 Å². The van der Waals surface area contributed by atoms with Gasteiger partial charge in [-0.15, -0.1) is 0 Å². The Hall–Kier alpha value is -2.84. The number of rotatable bonds is 4. The highest BCUT2D eigenvalue weighted by Gasteiger charge is 2.30. The van der Waals surface area contributed by atoms with Crippen molar-refractivity contribution in [1.29, 1.82) is 0 Å². The fourth-order valence-corrected chi connectivity index (χ4v) is 3.30. The molecule has 1 unspecified atom stereocenters. The molecule has 1 aromatic rings. The van der Waals surface area contributed by atoms with Gasteiger partial charge >= 0.3 is 0 Å². The molecule has 0 bridgehead atoms. The van der Waals surface area contributed by atoms with Crippen molar-refractivity contribution >= 4 is 29.7 Å². The predicted molar refractivity (Wildman–Crippen MR) is 91.0 cm³/mol. The molecule has 2 aliphatic rings. The Morgan fingerprint density at radius 2 is 1.85 bits per heavy atom. The first-order chi connectivity index (χ1) is 12.9. The van der Waals surface area contributed by atoms with Gasteiger partial charge in [-0.05, 0) is 31.4 Å². The molecule has 7 nitrogen and oxygen atoms in total. The van der Waals surface area contributed by atoms with Crippen molar-refractivity contribution in [3.8, 4) is 0 Å². The number of hydrogen-bond donors (Lipinski definition) is 2. The second-order valence-electron chi connectivity index (χ2n) is 6.70. The SMILES string of the molecule is O=CC1CCN(c2ccc(C(=O)NC3CCC(=O)NC3=O)c(F)c2F)CC1. The quantitative estimate of drug-likeness (QED) is 0.599. The van der Waals surface area contributed by atoms with Crippen molar-refractivity contribution in [3.05, 3.63) is 29.3 Å². The van der Waals surface area contributed by atoms with Gasteiger partial charge < -0.3 is 15.0 Å². The van der Waals surface area contributed by atoms with Crippen LogP contribution in [0.15, 0.2) is 12.1 Å². The first-order valence-electron chi connectivity index (χ1n) is 8.73. The molecule has 2 N–H and O–H groups in total. The van der Waals surface area contributed by atoms with E-state index in [9.17, 15) is 28.0 Å². The molecule has 9 heteroatoms. The van der Waals surface area contributed by atoms with Crippen LogP contribution in [0.25, 0.3) is 0 Å². The van der Waals surface area contributed by atoms with E-state index in [2.05, 4.69) is 10.6 Å². The van der Waals surface area contributed by atoms with Gasteiger partial charge in [0.1, 0.15) is 12.3 Å². The molecule has 27 heavy (non-hydrogen) atoms. The van der Waals surface area contributed by atoms with Crippen LogP contribution in [0, 0.1) is 17.6 Å². The van der Waals surface area contributed by atoms with Gasteiger partial charge in [-0.25, -0.2) is 8.78 Å². The van der Waals surface area contributed by atoms with Crippen LogP contribution in [-0.4, -0.2) is 43.1 Å². The maximum Gasteiger partial charge on any atom is 0.255 e. The second kappa shape index (κ2) is 7.81. The van der Waals surface area contributed by atoms with Gasteiger partial charge in [0.2, 0.25) is 11.8 Å². The molecule has 2 heterocycles. The van der Waals surface area contributed by atoms with Crippen molar-refractivity contribution in [1.82, 2.24) is 10.6 Å². The summed E-state index contributed by atoms with van der Waals surface area (Å²) < 4.78 is 29.0. The van der Waals surface area contributed by atoms with Gasteiger partial charge in [0, 0.05) is 25.4 Å². The number of hydrogen-bond acceptors (Lipinski definition) is 5. The van der Waals surface area contributed by atoms with E-state index in [1.54, 1.807) is 4.90 Å². The fraction of sp³-hybridized carbons (Fsp3) is 0.444. The number of imide groups is 1. The normalized spacial score (nSPS) is 21.0. The summed E-state index contributed by atoms with van der Waals surface area (Å²) in [6.07, 6.45) is 2.15. The van der Waals surface area contributed by atoms with Crippen molar-refractivity contribution < 1.29 is 28.0 Å². The Balaban J connectivity index is 1.73. The number of halogens is 2. The number of nitrogens with one attached hydrogen (secondary N) is 2. The van der Waals surface area contributed by atoms with Gasteiger partial charge in [0.15, 0.2) is 11.6 Å². The number of nitrogens with zero attached hydrogens (tertiary/aromatic N) is 1. The van der Waals surface area contributed by atoms with Crippen molar-refractivity contribution in [2.45, 2.75) is 31.7 Å². The van der Waals surface area contributed by atoms with E-state index in [4.69, 9.17) is 0 Å². The van der Waals surface area contributed by atoms with Crippen molar-refractivity contribution in [3.63, 3.8) is 0 Å². The predicted octanol–water partition coefficient (Wildman–Crippen LogP) is 0.915. The molecule has 1 atom stereocenters. The van der Waals surface area contributed by atoms with E-state index in [-0.39, 0.29) is 24.4 Å². The Morgan fingerprint density at radius 3 is 2.48 bits per heavy atom. The number of carbonyl (C=O) groups is 4. The summed E-state index contributed by atoms with van der Waals surface area (Å²) in [5, 5.41) is 4.40. The van der Waals surface area contributed by atoms with Crippen LogP contribution in [0.2, 0.25) is 0 Å². The van der Waals surface area contributed by atoms with Crippen LogP contribution in [0.3, 0.4) is 0 Å².